The van der Waals surface area contributed by atoms with Crippen LogP contribution in [0.2, 0.25) is 0 Å². The lowest BCUT2D eigenvalue weighted by Crippen LogP contribution is -2.23. The molecule has 1 amide bonds. The summed E-state index contributed by atoms with van der Waals surface area (Å²) in [5.41, 5.74) is 3.75. The highest BCUT2D eigenvalue weighted by Crippen LogP contribution is 2.40. The van der Waals surface area contributed by atoms with Crippen LogP contribution in [0.4, 0.5) is 5.00 Å². The zero-order valence-electron chi connectivity index (χ0n) is 21.6. The Morgan fingerprint density at radius 3 is 2.58 bits per heavy atom. The first-order valence-electron chi connectivity index (χ1n) is 12.9. The summed E-state index contributed by atoms with van der Waals surface area (Å²) in [6.07, 6.45) is 2.71. The van der Waals surface area contributed by atoms with Gasteiger partial charge in [0.2, 0.25) is 5.91 Å². The number of aromatic nitrogens is 2. The van der Waals surface area contributed by atoms with E-state index in [2.05, 4.69) is 5.32 Å². The zero-order chi connectivity index (χ0) is 27.6. The number of benzene rings is 2. The van der Waals surface area contributed by atoms with Gasteiger partial charge in [0.1, 0.15) is 9.83 Å². The summed E-state index contributed by atoms with van der Waals surface area (Å²) >= 11 is 4.05. The van der Waals surface area contributed by atoms with Crippen LogP contribution in [0, 0.1) is 0 Å². The van der Waals surface area contributed by atoms with Crippen LogP contribution in [-0.4, -0.2) is 33.8 Å². The van der Waals surface area contributed by atoms with Crippen molar-refractivity contribution in [1.29, 1.82) is 0 Å². The van der Waals surface area contributed by atoms with Crippen molar-refractivity contribution in [2.45, 2.75) is 31.3 Å². The lowest BCUT2D eigenvalue weighted by molar-refractivity contribution is -0.113. The van der Waals surface area contributed by atoms with Gasteiger partial charge in [0, 0.05) is 15.8 Å². The van der Waals surface area contributed by atoms with Crippen LogP contribution in [0.25, 0.3) is 27.0 Å². The number of anilines is 1. The van der Waals surface area contributed by atoms with Crippen molar-refractivity contribution in [3.63, 3.8) is 0 Å². The molecule has 0 saturated carbocycles. The van der Waals surface area contributed by atoms with Gasteiger partial charge in [-0.15, -0.1) is 22.7 Å². The quantitative estimate of drug-likeness (QED) is 0.125. The van der Waals surface area contributed by atoms with E-state index < -0.39 is 5.97 Å². The van der Waals surface area contributed by atoms with Crippen molar-refractivity contribution in [1.82, 2.24) is 9.55 Å². The smallest absolute Gasteiger partial charge is 0.341 e. The molecule has 0 atom stereocenters. The monoisotopic (exact) mass is 587 g/mol. The molecule has 1 aliphatic rings. The standard InChI is InChI=1S/C30H25N3O4S3/c1-2-37-29(36)25-20-14-9-15-22(20)40-27(25)31-23(34)17-39-30-32-26-24(21(16-38-26)18-10-5-3-6-11-18)28(35)33(30)19-12-7-4-8-13-19/h3-8,10-13,16H,2,9,14-15,17H2,1H3,(H,31,34). The van der Waals surface area contributed by atoms with E-state index in [0.717, 1.165) is 40.8 Å². The summed E-state index contributed by atoms with van der Waals surface area (Å²) in [6.45, 7) is 2.04. The predicted molar refractivity (Wildman–Crippen MR) is 162 cm³/mol. The fraction of sp³-hybridized carbons (Fsp3) is 0.200. The summed E-state index contributed by atoms with van der Waals surface area (Å²) in [5, 5.41) is 6.41. The van der Waals surface area contributed by atoms with Crippen molar-refractivity contribution in [3.05, 3.63) is 92.4 Å². The molecule has 5 aromatic rings. The number of nitrogens with one attached hydrogen (secondary N) is 1. The Labute approximate surface area is 242 Å². The molecule has 1 N–H and O–H groups in total. The number of carbonyl (C=O) groups is 2. The van der Waals surface area contributed by atoms with Crippen LogP contribution in [0.1, 0.15) is 34.1 Å². The van der Waals surface area contributed by atoms with E-state index in [1.165, 1.54) is 34.4 Å². The molecule has 1 aliphatic carbocycles. The number of esters is 1. The van der Waals surface area contributed by atoms with Gasteiger partial charge in [-0.1, -0.05) is 60.3 Å². The topological polar surface area (TPSA) is 90.3 Å². The minimum absolute atomic E-state index is 0.0204. The highest BCUT2D eigenvalue weighted by Gasteiger charge is 2.28. The second-order valence-electron chi connectivity index (χ2n) is 9.18. The molecule has 202 valence electrons. The van der Waals surface area contributed by atoms with Crippen molar-refractivity contribution in [2.75, 3.05) is 17.7 Å². The second kappa shape index (κ2) is 11.4. The minimum Gasteiger partial charge on any atom is -0.462 e. The first kappa shape index (κ1) is 26.5. The molecule has 7 nitrogen and oxygen atoms in total. The average Bonchev–Trinajstić information content (AvgIpc) is 3.68. The van der Waals surface area contributed by atoms with Gasteiger partial charge in [0.05, 0.1) is 29.0 Å². The summed E-state index contributed by atoms with van der Waals surface area (Å²) in [4.78, 5) is 46.4. The Kier molecular flexibility index (Phi) is 7.55. The van der Waals surface area contributed by atoms with Gasteiger partial charge in [-0.05, 0) is 49.4 Å². The maximum Gasteiger partial charge on any atom is 0.341 e. The fourth-order valence-corrected chi connectivity index (χ4v) is 8.00. The number of thioether (sulfide) groups is 1. The largest absolute Gasteiger partial charge is 0.462 e. The van der Waals surface area contributed by atoms with Crippen molar-refractivity contribution < 1.29 is 14.3 Å². The van der Waals surface area contributed by atoms with E-state index in [-0.39, 0.29) is 23.8 Å². The molecule has 6 rings (SSSR count). The van der Waals surface area contributed by atoms with Crippen LogP contribution < -0.4 is 10.9 Å². The molecule has 0 bridgehead atoms. The molecule has 0 spiro atoms. The van der Waals surface area contributed by atoms with Crippen molar-refractivity contribution in [2.24, 2.45) is 0 Å². The van der Waals surface area contributed by atoms with Gasteiger partial charge < -0.3 is 10.1 Å². The van der Waals surface area contributed by atoms with Gasteiger partial charge >= 0.3 is 5.97 Å². The molecule has 40 heavy (non-hydrogen) atoms. The third-order valence-electron chi connectivity index (χ3n) is 6.66. The molecule has 0 aliphatic heterocycles. The number of amides is 1. The molecule has 3 heterocycles. The Balaban J connectivity index is 1.32. The van der Waals surface area contributed by atoms with Crippen LogP contribution in [0.5, 0.6) is 0 Å². The number of rotatable bonds is 8. The third-order valence-corrected chi connectivity index (χ3v) is 9.68. The van der Waals surface area contributed by atoms with Crippen LogP contribution in [0.15, 0.2) is 76.0 Å². The molecule has 2 aromatic carbocycles. The summed E-state index contributed by atoms with van der Waals surface area (Å²) in [7, 11) is 0. The molecular formula is C30H25N3O4S3. The molecule has 0 saturated heterocycles. The molecule has 3 aromatic heterocycles. The molecule has 10 heteroatoms. The predicted octanol–water partition coefficient (Wildman–Crippen LogP) is 6.57. The number of ether oxygens (including phenoxy) is 1. The Hall–Kier alpha value is -3.73. The number of thiophene rings is 2. The molecule has 0 unspecified atom stereocenters. The molecular weight excluding hydrogens is 563 g/mol. The van der Waals surface area contributed by atoms with Gasteiger partial charge in [-0.3, -0.25) is 14.2 Å². The van der Waals surface area contributed by atoms with Gasteiger partial charge in [0.15, 0.2) is 5.16 Å². The van der Waals surface area contributed by atoms with Crippen molar-refractivity contribution in [3.8, 4) is 16.8 Å². The maximum atomic E-state index is 14.0. The van der Waals surface area contributed by atoms with E-state index in [1.807, 2.05) is 66.0 Å². The minimum atomic E-state index is -0.401. The van der Waals surface area contributed by atoms with Gasteiger partial charge in [0.25, 0.3) is 5.56 Å². The average molecular weight is 588 g/mol. The van der Waals surface area contributed by atoms with E-state index in [9.17, 15) is 14.4 Å². The van der Waals surface area contributed by atoms with E-state index in [1.54, 1.807) is 11.5 Å². The number of hydrogen-bond acceptors (Lipinski definition) is 8. The third kappa shape index (κ3) is 4.98. The fourth-order valence-electron chi connectivity index (χ4n) is 4.91. The van der Waals surface area contributed by atoms with Gasteiger partial charge in [-0.2, -0.15) is 0 Å². The highest BCUT2D eigenvalue weighted by atomic mass is 32.2. The number of aryl methyl sites for hydroxylation is 1. The number of fused-ring (bicyclic) bond motifs is 2. The lowest BCUT2D eigenvalue weighted by Gasteiger charge is -2.13. The lowest BCUT2D eigenvalue weighted by atomic mass is 10.1. The number of carbonyl (C=O) groups excluding carboxylic acids is 2. The summed E-state index contributed by atoms with van der Waals surface area (Å²) in [6, 6.07) is 19.1. The van der Waals surface area contributed by atoms with E-state index in [4.69, 9.17) is 9.72 Å². The first-order valence-corrected chi connectivity index (χ1v) is 15.6. The maximum absolute atomic E-state index is 14.0. The number of para-hydroxylation sites is 1. The van der Waals surface area contributed by atoms with Crippen LogP contribution in [0.3, 0.4) is 0 Å². The van der Waals surface area contributed by atoms with E-state index in [0.29, 0.717) is 31.6 Å². The normalized spacial score (nSPS) is 12.4. The number of hydrogen-bond donors (Lipinski definition) is 1. The highest BCUT2D eigenvalue weighted by molar-refractivity contribution is 7.99. The number of nitrogens with zero attached hydrogens (tertiary/aromatic N) is 2. The van der Waals surface area contributed by atoms with Crippen molar-refractivity contribution >= 4 is 61.5 Å². The Morgan fingerprint density at radius 2 is 1.82 bits per heavy atom. The zero-order valence-corrected chi connectivity index (χ0v) is 24.1. The Morgan fingerprint density at radius 1 is 1.07 bits per heavy atom. The van der Waals surface area contributed by atoms with Crippen LogP contribution in [-0.2, 0) is 22.4 Å². The van der Waals surface area contributed by atoms with Gasteiger partial charge in [-0.25, -0.2) is 9.78 Å². The van der Waals surface area contributed by atoms with E-state index >= 15 is 0 Å². The first-order chi connectivity index (χ1) is 19.5. The summed E-state index contributed by atoms with van der Waals surface area (Å²) < 4.78 is 6.85. The SMILES string of the molecule is CCOC(=O)c1c(NC(=O)CSc2nc3scc(-c4ccccc4)c3c(=O)n2-c2ccccc2)sc2c1CCC2. The second-order valence-corrected chi connectivity index (χ2v) is 12.1. The molecule has 0 radical (unpaired) electrons. The molecule has 0 fully saturated rings. The van der Waals surface area contributed by atoms with Crippen LogP contribution >= 0.6 is 34.4 Å². The Bertz CT molecular complexity index is 1780. The summed E-state index contributed by atoms with van der Waals surface area (Å²) in [5.74, 6) is -0.658.